The first-order valence-electron chi connectivity index (χ1n) is 8.34. The number of aliphatic hydroxyl groups is 1. The lowest BCUT2D eigenvalue weighted by atomic mass is 10.0. The summed E-state index contributed by atoms with van der Waals surface area (Å²) in [7, 11) is 0. The molecule has 1 atom stereocenters. The molecule has 1 saturated heterocycles. The number of rotatable bonds is 4. The van der Waals surface area contributed by atoms with Crippen molar-refractivity contribution in [1.82, 2.24) is 10.3 Å². The Morgan fingerprint density at radius 1 is 1.21 bits per heavy atom. The number of nitrogens with zero attached hydrogens (tertiary/aromatic N) is 2. The maximum atomic E-state index is 12.2. The van der Waals surface area contributed by atoms with Crippen molar-refractivity contribution in [2.45, 2.75) is 31.9 Å². The third kappa shape index (κ3) is 3.92. The summed E-state index contributed by atoms with van der Waals surface area (Å²) in [4.78, 5) is 18.9. The Labute approximate surface area is 142 Å². The summed E-state index contributed by atoms with van der Waals surface area (Å²) in [6, 6.07) is 13.2. The van der Waals surface area contributed by atoms with Crippen LogP contribution in [0.3, 0.4) is 0 Å². The highest BCUT2D eigenvalue weighted by Crippen LogP contribution is 2.19. The summed E-state index contributed by atoms with van der Waals surface area (Å²) in [6.45, 7) is 3.72. The van der Waals surface area contributed by atoms with Gasteiger partial charge in [0.25, 0.3) is 5.91 Å². The molecule has 1 unspecified atom stereocenters. The second-order valence-corrected chi connectivity index (χ2v) is 6.28. The van der Waals surface area contributed by atoms with E-state index in [1.807, 2.05) is 37.4 Å². The minimum atomic E-state index is -1.11. The maximum Gasteiger partial charge on any atom is 0.253 e. The van der Waals surface area contributed by atoms with Crippen LogP contribution in [0.25, 0.3) is 0 Å². The molecule has 0 saturated carbocycles. The van der Waals surface area contributed by atoms with Crippen molar-refractivity contribution < 1.29 is 9.90 Å². The first-order valence-corrected chi connectivity index (χ1v) is 8.34. The molecule has 1 aromatic heterocycles. The molecule has 0 bridgehead atoms. The predicted molar refractivity (Wildman–Crippen MR) is 93.8 cm³/mol. The summed E-state index contributed by atoms with van der Waals surface area (Å²) in [6.07, 6.45) is 2.47. The van der Waals surface area contributed by atoms with E-state index in [2.05, 4.69) is 21.3 Å². The minimum Gasteiger partial charge on any atom is -0.378 e. The Bertz CT molecular complexity index is 665. The molecule has 1 fully saturated rings. The molecular weight excluding hydrogens is 302 g/mol. The molecule has 1 aliphatic heterocycles. The van der Waals surface area contributed by atoms with Crippen LogP contribution in [-0.4, -0.2) is 35.1 Å². The molecule has 2 N–H and O–H groups in total. The third-order valence-electron chi connectivity index (χ3n) is 4.42. The number of pyridine rings is 1. The Balaban J connectivity index is 1.52. The first kappa shape index (κ1) is 16.5. The van der Waals surface area contributed by atoms with Gasteiger partial charge in [-0.3, -0.25) is 4.79 Å². The minimum absolute atomic E-state index is 0.0950. The lowest BCUT2D eigenvalue weighted by molar-refractivity contribution is -0.130. The monoisotopic (exact) mass is 325 g/mol. The van der Waals surface area contributed by atoms with Crippen LogP contribution in [-0.2, 0) is 4.79 Å². The van der Waals surface area contributed by atoms with E-state index in [4.69, 9.17) is 0 Å². The number of aryl methyl sites for hydroxylation is 1. The van der Waals surface area contributed by atoms with Crippen molar-refractivity contribution in [3.8, 4) is 0 Å². The number of amides is 1. The summed E-state index contributed by atoms with van der Waals surface area (Å²) in [5.41, 5.74) is 1.77. The molecule has 2 aromatic rings. The highest BCUT2D eigenvalue weighted by atomic mass is 16.3. The number of carbonyl (C=O) groups is 1. The molecule has 126 valence electrons. The number of benzene rings is 1. The average molecular weight is 325 g/mol. The Morgan fingerprint density at radius 3 is 2.54 bits per heavy atom. The zero-order valence-corrected chi connectivity index (χ0v) is 13.9. The molecule has 1 amide bonds. The third-order valence-corrected chi connectivity index (χ3v) is 4.42. The van der Waals surface area contributed by atoms with E-state index in [9.17, 15) is 9.90 Å². The Kier molecular flexibility index (Phi) is 5.11. The normalized spacial score (nSPS) is 16.7. The molecule has 0 spiro atoms. The highest BCUT2D eigenvalue weighted by Gasteiger charge is 2.24. The average Bonchev–Trinajstić information content (AvgIpc) is 2.63. The molecule has 0 radical (unpaired) electrons. The van der Waals surface area contributed by atoms with Crippen LogP contribution in [0.1, 0.15) is 30.1 Å². The SMILES string of the molecule is Cc1ccc(N2CCC(NC(=O)C(O)c3ccccc3)CC2)nc1. The molecule has 1 aliphatic rings. The van der Waals surface area contributed by atoms with Crippen molar-refractivity contribution in [2.24, 2.45) is 0 Å². The quantitative estimate of drug-likeness (QED) is 0.904. The fraction of sp³-hybridized carbons (Fsp3) is 0.368. The highest BCUT2D eigenvalue weighted by molar-refractivity contribution is 5.82. The number of nitrogens with one attached hydrogen (secondary N) is 1. The van der Waals surface area contributed by atoms with Crippen LogP contribution in [0.15, 0.2) is 48.7 Å². The van der Waals surface area contributed by atoms with Gasteiger partial charge in [0, 0.05) is 25.3 Å². The van der Waals surface area contributed by atoms with Gasteiger partial charge in [0.05, 0.1) is 0 Å². The van der Waals surface area contributed by atoms with Gasteiger partial charge in [0.1, 0.15) is 5.82 Å². The zero-order chi connectivity index (χ0) is 16.9. The molecule has 5 heteroatoms. The summed E-state index contributed by atoms with van der Waals surface area (Å²) < 4.78 is 0. The molecule has 0 aliphatic carbocycles. The number of carbonyl (C=O) groups excluding carboxylic acids is 1. The van der Waals surface area contributed by atoms with E-state index >= 15 is 0 Å². The molecule has 2 heterocycles. The van der Waals surface area contributed by atoms with Crippen LogP contribution in [0.5, 0.6) is 0 Å². The van der Waals surface area contributed by atoms with E-state index in [1.54, 1.807) is 12.1 Å². The first-order chi connectivity index (χ1) is 11.6. The van der Waals surface area contributed by atoms with Gasteiger partial charge in [-0.15, -0.1) is 0 Å². The topological polar surface area (TPSA) is 65.5 Å². The number of hydrogen-bond donors (Lipinski definition) is 2. The van der Waals surface area contributed by atoms with Crippen LogP contribution >= 0.6 is 0 Å². The van der Waals surface area contributed by atoms with E-state index in [1.165, 1.54) is 0 Å². The smallest absolute Gasteiger partial charge is 0.253 e. The lowest BCUT2D eigenvalue weighted by Gasteiger charge is -2.33. The van der Waals surface area contributed by atoms with E-state index in [0.29, 0.717) is 5.56 Å². The maximum absolute atomic E-state index is 12.2. The molecule has 5 nitrogen and oxygen atoms in total. The van der Waals surface area contributed by atoms with Crippen LogP contribution in [0.4, 0.5) is 5.82 Å². The van der Waals surface area contributed by atoms with Crippen LogP contribution < -0.4 is 10.2 Å². The summed E-state index contributed by atoms with van der Waals surface area (Å²) >= 11 is 0. The van der Waals surface area contributed by atoms with Crippen molar-refractivity contribution >= 4 is 11.7 Å². The number of aliphatic hydroxyl groups excluding tert-OH is 1. The van der Waals surface area contributed by atoms with Gasteiger partial charge in [-0.05, 0) is 37.0 Å². The van der Waals surface area contributed by atoms with Gasteiger partial charge in [0.2, 0.25) is 0 Å². The van der Waals surface area contributed by atoms with Crippen molar-refractivity contribution in [1.29, 1.82) is 0 Å². The molecule has 24 heavy (non-hydrogen) atoms. The fourth-order valence-electron chi connectivity index (χ4n) is 2.97. The lowest BCUT2D eigenvalue weighted by Crippen LogP contribution is -2.46. The van der Waals surface area contributed by atoms with Crippen LogP contribution in [0, 0.1) is 6.92 Å². The molecular formula is C19H23N3O2. The zero-order valence-electron chi connectivity index (χ0n) is 13.9. The van der Waals surface area contributed by atoms with Crippen LogP contribution in [0.2, 0.25) is 0 Å². The van der Waals surface area contributed by atoms with Gasteiger partial charge in [-0.1, -0.05) is 36.4 Å². The standard InChI is InChI=1S/C19H23N3O2/c1-14-7-8-17(20-13-14)22-11-9-16(10-12-22)21-19(24)18(23)15-5-3-2-4-6-15/h2-8,13,16,18,23H,9-12H2,1H3,(H,21,24). The van der Waals surface area contributed by atoms with Crippen molar-refractivity contribution in [3.05, 3.63) is 59.8 Å². The molecule has 3 rings (SSSR count). The summed E-state index contributed by atoms with van der Waals surface area (Å²) in [5.74, 6) is 0.655. The van der Waals surface area contributed by atoms with E-state index < -0.39 is 6.10 Å². The Hall–Kier alpha value is -2.40. The van der Waals surface area contributed by atoms with Gasteiger partial charge in [-0.25, -0.2) is 4.98 Å². The summed E-state index contributed by atoms with van der Waals surface area (Å²) in [5, 5.41) is 13.1. The fourth-order valence-corrected chi connectivity index (χ4v) is 2.97. The number of aromatic nitrogens is 1. The largest absolute Gasteiger partial charge is 0.378 e. The second kappa shape index (κ2) is 7.45. The van der Waals surface area contributed by atoms with Gasteiger partial charge >= 0.3 is 0 Å². The van der Waals surface area contributed by atoms with Gasteiger partial charge in [-0.2, -0.15) is 0 Å². The number of anilines is 1. The molecule has 1 aromatic carbocycles. The van der Waals surface area contributed by atoms with Gasteiger partial charge in [0.15, 0.2) is 6.10 Å². The van der Waals surface area contributed by atoms with E-state index in [0.717, 1.165) is 37.3 Å². The Morgan fingerprint density at radius 2 is 1.92 bits per heavy atom. The van der Waals surface area contributed by atoms with E-state index in [-0.39, 0.29) is 11.9 Å². The van der Waals surface area contributed by atoms with Crippen molar-refractivity contribution in [3.63, 3.8) is 0 Å². The van der Waals surface area contributed by atoms with Gasteiger partial charge < -0.3 is 15.3 Å². The second-order valence-electron chi connectivity index (χ2n) is 6.28. The van der Waals surface area contributed by atoms with Crippen molar-refractivity contribution in [2.75, 3.05) is 18.0 Å². The number of hydrogen-bond acceptors (Lipinski definition) is 4. The predicted octanol–water partition coefficient (Wildman–Crippen LogP) is 2.21. The number of piperidine rings is 1.